The van der Waals surface area contributed by atoms with Gasteiger partial charge in [-0.3, -0.25) is 4.79 Å². The molecule has 0 aliphatic carbocycles. The first-order valence-electron chi connectivity index (χ1n) is 7.84. The Kier molecular flexibility index (Phi) is 5.06. The quantitative estimate of drug-likeness (QED) is 0.807. The molecule has 0 unspecified atom stereocenters. The first-order chi connectivity index (χ1) is 11.7. The van der Waals surface area contributed by atoms with Gasteiger partial charge in [0.2, 0.25) is 0 Å². The van der Waals surface area contributed by atoms with Crippen molar-refractivity contribution in [3.8, 4) is 5.75 Å². The maximum atomic E-state index is 12.2. The van der Waals surface area contributed by atoms with Crippen molar-refractivity contribution >= 4 is 29.4 Å². The van der Waals surface area contributed by atoms with Gasteiger partial charge in [-0.2, -0.15) is 0 Å². The maximum Gasteiger partial charge on any atom is 0.262 e. The van der Waals surface area contributed by atoms with Gasteiger partial charge in [-0.15, -0.1) is 0 Å². The van der Waals surface area contributed by atoms with Crippen molar-refractivity contribution < 1.29 is 9.53 Å². The Morgan fingerprint density at radius 2 is 1.96 bits per heavy atom. The van der Waals surface area contributed by atoms with Gasteiger partial charge in [0, 0.05) is 4.90 Å². The third-order valence-electron chi connectivity index (χ3n) is 3.80. The summed E-state index contributed by atoms with van der Waals surface area (Å²) >= 11 is 1.50. The third kappa shape index (κ3) is 3.71. The topological polar surface area (TPSA) is 38.3 Å². The molecule has 1 aliphatic heterocycles. The second kappa shape index (κ2) is 7.41. The predicted octanol–water partition coefficient (Wildman–Crippen LogP) is 4.90. The number of carbonyl (C=O) groups excluding carboxylic acids is 1. The maximum absolute atomic E-state index is 12.2. The Labute approximate surface area is 146 Å². The number of hydrogen-bond acceptors (Lipinski definition) is 3. The molecule has 122 valence electrons. The number of hydrogen-bond donors (Lipinski definition) is 1. The molecule has 1 aliphatic rings. The summed E-state index contributed by atoms with van der Waals surface area (Å²) in [6.45, 7) is 2.11. The summed E-state index contributed by atoms with van der Waals surface area (Å²) in [6.07, 6.45) is 6.67. The molecule has 0 fully saturated rings. The normalized spacial score (nSPS) is 15.4. The minimum atomic E-state index is -0.0554. The zero-order valence-electron chi connectivity index (χ0n) is 13.7. The molecule has 1 N–H and O–H groups in total. The Hall–Kier alpha value is -2.46. The number of methoxy groups -OCH3 is 1. The van der Waals surface area contributed by atoms with Crippen molar-refractivity contribution in [3.63, 3.8) is 0 Å². The van der Waals surface area contributed by atoms with Gasteiger partial charge >= 0.3 is 0 Å². The van der Waals surface area contributed by atoms with E-state index in [0.717, 1.165) is 28.3 Å². The Morgan fingerprint density at radius 3 is 2.67 bits per heavy atom. The van der Waals surface area contributed by atoms with Gasteiger partial charge in [-0.25, -0.2) is 0 Å². The van der Waals surface area contributed by atoms with Crippen LogP contribution < -0.4 is 10.1 Å². The van der Waals surface area contributed by atoms with E-state index in [4.69, 9.17) is 4.74 Å². The minimum Gasteiger partial charge on any atom is -0.497 e. The second-order valence-electron chi connectivity index (χ2n) is 5.40. The van der Waals surface area contributed by atoms with Crippen LogP contribution in [-0.2, 0) is 11.2 Å². The second-order valence-corrected chi connectivity index (χ2v) is 6.49. The number of nitrogens with one attached hydrogen (secondary N) is 1. The number of fused-ring (bicyclic) bond motifs is 1. The predicted molar refractivity (Wildman–Crippen MR) is 100 cm³/mol. The van der Waals surface area contributed by atoms with Gasteiger partial charge in [0.05, 0.1) is 17.7 Å². The van der Waals surface area contributed by atoms with Crippen LogP contribution in [0.15, 0.2) is 64.4 Å². The lowest BCUT2D eigenvalue weighted by Crippen LogP contribution is -2.17. The number of benzene rings is 2. The number of anilines is 1. The summed E-state index contributed by atoms with van der Waals surface area (Å²) in [4.78, 5) is 14.0. The molecule has 1 heterocycles. The number of amides is 1. The molecule has 0 saturated heterocycles. The van der Waals surface area contributed by atoms with Crippen LogP contribution >= 0.6 is 11.8 Å². The van der Waals surface area contributed by atoms with Gasteiger partial charge in [0.25, 0.3) is 5.91 Å². The third-order valence-corrected chi connectivity index (χ3v) is 4.91. The highest BCUT2D eigenvalue weighted by Crippen LogP contribution is 2.38. The Morgan fingerprint density at radius 1 is 1.17 bits per heavy atom. The van der Waals surface area contributed by atoms with Gasteiger partial charge in [0.1, 0.15) is 5.75 Å². The molecule has 0 spiro atoms. The van der Waals surface area contributed by atoms with Crippen LogP contribution in [0.5, 0.6) is 5.75 Å². The largest absolute Gasteiger partial charge is 0.497 e. The van der Waals surface area contributed by atoms with Crippen molar-refractivity contribution in [2.45, 2.75) is 18.2 Å². The molecule has 0 saturated carbocycles. The molecule has 4 heteroatoms. The average Bonchev–Trinajstić information content (AvgIpc) is 2.62. The minimum absolute atomic E-state index is 0.0554. The molecule has 3 rings (SSSR count). The van der Waals surface area contributed by atoms with Gasteiger partial charge in [0.15, 0.2) is 0 Å². The highest BCUT2D eigenvalue weighted by atomic mass is 32.2. The monoisotopic (exact) mass is 337 g/mol. The molecule has 0 bridgehead atoms. The fourth-order valence-corrected chi connectivity index (χ4v) is 3.29. The molecular formula is C20H19NO2S. The van der Waals surface area contributed by atoms with Crippen LogP contribution in [0.3, 0.4) is 0 Å². The number of carbonyl (C=O) groups is 1. The molecule has 0 atom stereocenters. The van der Waals surface area contributed by atoms with Crippen LogP contribution in [0.25, 0.3) is 6.08 Å². The molecule has 2 aromatic rings. The number of ether oxygens (including phenoxy) is 1. The zero-order valence-corrected chi connectivity index (χ0v) is 14.5. The van der Waals surface area contributed by atoms with Crippen molar-refractivity contribution in [2.24, 2.45) is 0 Å². The first kappa shape index (κ1) is 16.4. The number of thioether (sulfide) groups is 1. The highest BCUT2D eigenvalue weighted by molar-refractivity contribution is 8.04. The summed E-state index contributed by atoms with van der Waals surface area (Å²) in [7, 11) is 1.65. The molecule has 1 amide bonds. The summed E-state index contributed by atoms with van der Waals surface area (Å²) in [5.74, 6) is 0.774. The van der Waals surface area contributed by atoms with E-state index in [1.54, 1.807) is 7.11 Å². The van der Waals surface area contributed by atoms with Crippen molar-refractivity contribution in [3.05, 3.63) is 70.6 Å². The molecular weight excluding hydrogens is 318 g/mol. The lowest BCUT2D eigenvalue weighted by atomic mass is 10.1. The number of rotatable bonds is 4. The summed E-state index contributed by atoms with van der Waals surface area (Å²) in [5, 5.41) is 2.97. The van der Waals surface area contributed by atoms with Crippen LogP contribution in [-0.4, -0.2) is 13.0 Å². The lowest BCUT2D eigenvalue weighted by Gasteiger charge is -2.19. The van der Waals surface area contributed by atoms with Crippen LogP contribution in [0, 0.1) is 0 Å². The van der Waals surface area contributed by atoms with Gasteiger partial charge in [-0.05, 0) is 47.9 Å². The van der Waals surface area contributed by atoms with E-state index in [2.05, 4.69) is 24.4 Å². The average molecular weight is 337 g/mol. The van der Waals surface area contributed by atoms with Crippen molar-refractivity contribution in [1.82, 2.24) is 0 Å². The van der Waals surface area contributed by atoms with Crippen LogP contribution in [0.1, 0.15) is 18.1 Å². The molecule has 3 nitrogen and oxygen atoms in total. The number of allylic oxidation sites excluding steroid dienone is 2. The highest BCUT2D eigenvalue weighted by Gasteiger charge is 2.20. The Balaban J connectivity index is 1.75. The van der Waals surface area contributed by atoms with E-state index in [0.29, 0.717) is 4.91 Å². The zero-order chi connectivity index (χ0) is 16.9. The standard InChI is InChI=1S/C20H19NO2S/c1-3-14-9-12-18-17(13-14)21-20(22)19(24-18)6-4-5-15-7-10-16(23-2)11-8-15/h4-13H,3H2,1-2H3,(H,21,22). The SMILES string of the molecule is CCc1ccc2c(c1)NC(=O)C(=CC=Cc1ccc(OC)cc1)S2. The Bertz CT molecular complexity index is 807. The number of aryl methyl sites for hydroxylation is 1. The van der Waals surface area contributed by atoms with Crippen LogP contribution in [0.2, 0.25) is 0 Å². The van der Waals surface area contributed by atoms with E-state index < -0.39 is 0 Å². The molecule has 2 aromatic carbocycles. The van der Waals surface area contributed by atoms with E-state index in [-0.39, 0.29) is 5.91 Å². The van der Waals surface area contributed by atoms with Crippen LogP contribution in [0.4, 0.5) is 5.69 Å². The molecule has 24 heavy (non-hydrogen) atoms. The summed E-state index contributed by atoms with van der Waals surface area (Å²) in [5.41, 5.74) is 3.18. The van der Waals surface area contributed by atoms with E-state index >= 15 is 0 Å². The van der Waals surface area contributed by atoms with Gasteiger partial charge < -0.3 is 10.1 Å². The van der Waals surface area contributed by atoms with E-state index in [1.807, 2.05) is 48.6 Å². The smallest absolute Gasteiger partial charge is 0.262 e. The van der Waals surface area contributed by atoms with Crippen molar-refractivity contribution in [1.29, 1.82) is 0 Å². The molecule has 0 radical (unpaired) electrons. The summed E-state index contributed by atoms with van der Waals surface area (Å²) < 4.78 is 5.14. The first-order valence-corrected chi connectivity index (χ1v) is 8.66. The summed E-state index contributed by atoms with van der Waals surface area (Å²) in [6, 6.07) is 14.0. The fraction of sp³-hybridized carbons (Fsp3) is 0.150. The lowest BCUT2D eigenvalue weighted by molar-refractivity contribution is -0.112. The molecule has 0 aromatic heterocycles. The van der Waals surface area contributed by atoms with Crippen molar-refractivity contribution in [2.75, 3.05) is 12.4 Å². The van der Waals surface area contributed by atoms with E-state index in [1.165, 1.54) is 17.3 Å². The van der Waals surface area contributed by atoms with E-state index in [9.17, 15) is 4.79 Å². The fourth-order valence-electron chi connectivity index (χ4n) is 2.40. The van der Waals surface area contributed by atoms with Gasteiger partial charge in [-0.1, -0.05) is 49.0 Å².